The van der Waals surface area contributed by atoms with Crippen molar-refractivity contribution in [3.63, 3.8) is 0 Å². The van der Waals surface area contributed by atoms with E-state index in [4.69, 9.17) is 4.74 Å². The Morgan fingerprint density at radius 2 is 1.60 bits per heavy atom. The number of benzene rings is 3. The smallest absolute Gasteiger partial charge is 0.271 e. The average Bonchev–Trinajstić information content (AvgIpc) is 2.77. The summed E-state index contributed by atoms with van der Waals surface area (Å²) < 4.78 is 6.07. The average molecular weight is 401 g/mol. The fourth-order valence-electron chi connectivity index (χ4n) is 3.21. The number of nitrogens with one attached hydrogen (secondary N) is 1. The van der Waals surface area contributed by atoms with Crippen LogP contribution in [-0.4, -0.2) is 11.6 Å². The molecule has 0 unspecified atom stereocenters. The molecule has 3 aromatic carbocycles. The Bertz CT molecular complexity index is 993. The van der Waals surface area contributed by atoms with Gasteiger partial charge in [0.15, 0.2) is 0 Å². The van der Waals surface area contributed by atoms with Crippen molar-refractivity contribution in [2.24, 2.45) is 11.0 Å². The van der Waals surface area contributed by atoms with Gasteiger partial charge in [0, 0.05) is 16.8 Å². The molecule has 0 fully saturated rings. The summed E-state index contributed by atoms with van der Waals surface area (Å²) in [4.78, 5) is 12.3. The van der Waals surface area contributed by atoms with Crippen LogP contribution in [0.3, 0.4) is 0 Å². The summed E-state index contributed by atoms with van der Waals surface area (Å²) in [6, 6.07) is 25.6. The highest BCUT2D eigenvalue weighted by Gasteiger charge is 2.08. The minimum atomic E-state index is -0.208. The summed E-state index contributed by atoms with van der Waals surface area (Å²) in [6.45, 7) is 6.60. The maximum Gasteiger partial charge on any atom is 0.271 e. The Morgan fingerprint density at radius 3 is 2.30 bits per heavy atom. The van der Waals surface area contributed by atoms with Crippen molar-refractivity contribution in [1.82, 2.24) is 5.43 Å². The van der Waals surface area contributed by atoms with E-state index in [0.717, 1.165) is 34.6 Å². The lowest BCUT2D eigenvalue weighted by molar-refractivity contribution is 0.0954. The van der Waals surface area contributed by atoms with Crippen LogP contribution in [0.1, 0.15) is 43.1 Å². The third kappa shape index (κ3) is 6.05. The third-order valence-corrected chi connectivity index (χ3v) is 4.63. The molecular formula is C26H28N2O2. The molecule has 0 aliphatic carbocycles. The van der Waals surface area contributed by atoms with E-state index in [1.165, 1.54) is 0 Å². The lowest BCUT2D eigenvalue weighted by Crippen LogP contribution is -2.19. The number of hydrazone groups is 1. The van der Waals surface area contributed by atoms with Crippen LogP contribution in [0.5, 0.6) is 5.75 Å². The van der Waals surface area contributed by atoms with Crippen LogP contribution in [0.4, 0.5) is 0 Å². The highest BCUT2D eigenvalue weighted by Crippen LogP contribution is 2.30. The molecule has 154 valence electrons. The minimum Gasteiger partial charge on any atom is -0.488 e. The van der Waals surface area contributed by atoms with E-state index in [2.05, 4.69) is 42.6 Å². The van der Waals surface area contributed by atoms with Gasteiger partial charge < -0.3 is 4.74 Å². The number of rotatable bonds is 8. The van der Waals surface area contributed by atoms with Gasteiger partial charge >= 0.3 is 0 Å². The van der Waals surface area contributed by atoms with Gasteiger partial charge in [0.2, 0.25) is 0 Å². The van der Waals surface area contributed by atoms with Gasteiger partial charge in [-0.2, -0.15) is 5.10 Å². The predicted molar refractivity (Wildman–Crippen MR) is 123 cm³/mol. The van der Waals surface area contributed by atoms with E-state index < -0.39 is 0 Å². The van der Waals surface area contributed by atoms with Crippen molar-refractivity contribution in [3.8, 4) is 16.9 Å². The molecule has 0 atom stereocenters. The standard InChI is InChI=1S/C26H28N2O2/c1-19(2)17-20(3)27-28-26(29)23-15-13-21(14-16-23)18-30-25-12-8-7-11-24(25)22-9-5-4-6-10-22/h4-16,19H,17-18H2,1-3H3,(H,28,29)/b27-20-. The maximum atomic E-state index is 12.3. The first-order valence-corrected chi connectivity index (χ1v) is 10.2. The topological polar surface area (TPSA) is 50.7 Å². The van der Waals surface area contributed by atoms with Crippen LogP contribution in [0.2, 0.25) is 0 Å². The predicted octanol–water partition coefficient (Wildman–Crippen LogP) is 6.08. The second kappa shape index (κ2) is 10.4. The van der Waals surface area contributed by atoms with Gasteiger partial charge in [-0.25, -0.2) is 5.43 Å². The lowest BCUT2D eigenvalue weighted by atomic mass is 10.0. The molecule has 0 aliphatic rings. The number of hydrogen-bond donors (Lipinski definition) is 1. The molecule has 3 rings (SSSR count). The third-order valence-electron chi connectivity index (χ3n) is 4.63. The molecule has 3 aromatic rings. The SMILES string of the molecule is C/C(CC(C)C)=N/NC(=O)c1ccc(COc2ccccc2-c2ccccc2)cc1. The molecule has 0 heterocycles. The molecule has 30 heavy (non-hydrogen) atoms. The van der Waals surface area contributed by atoms with Gasteiger partial charge in [-0.1, -0.05) is 74.5 Å². The fraction of sp³-hybridized carbons (Fsp3) is 0.231. The summed E-state index contributed by atoms with van der Waals surface area (Å²) in [5.74, 6) is 1.14. The molecule has 4 heteroatoms. The monoisotopic (exact) mass is 400 g/mol. The Labute approximate surface area is 178 Å². The molecule has 0 aliphatic heterocycles. The van der Waals surface area contributed by atoms with Crippen LogP contribution < -0.4 is 10.2 Å². The van der Waals surface area contributed by atoms with Crippen LogP contribution in [0.25, 0.3) is 11.1 Å². The van der Waals surface area contributed by atoms with Gasteiger partial charge in [-0.3, -0.25) is 4.79 Å². The van der Waals surface area contributed by atoms with Crippen LogP contribution in [0, 0.1) is 5.92 Å². The van der Waals surface area contributed by atoms with Gasteiger partial charge in [-0.05, 0) is 48.6 Å². The number of carbonyl (C=O) groups is 1. The minimum absolute atomic E-state index is 0.208. The number of ether oxygens (including phenoxy) is 1. The maximum absolute atomic E-state index is 12.3. The first kappa shape index (κ1) is 21.3. The number of amides is 1. The molecule has 4 nitrogen and oxygen atoms in total. The molecule has 0 saturated carbocycles. The molecule has 0 aromatic heterocycles. The number of carbonyl (C=O) groups excluding carboxylic acids is 1. The first-order valence-electron chi connectivity index (χ1n) is 10.2. The molecule has 0 saturated heterocycles. The number of hydrogen-bond acceptors (Lipinski definition) is 3. The number of nitrogens with zero attached hydrogens (tertiary/aromatic N) is 1. The van der Waals surface area contributed by atoms with E-state index >= 15 is 0 Å². The van der Waals surface area contributed by atoms with Crippen molar-refractivity contribution in [1.29, 1.82) is 0 Å². The van der Waals surface area contributed by atoms with Crippen molar-refractivity contribution >= 4 is 11.6 Å². The van der Waals surface area contributed by atoms with Crippen LogP contribution >= 0.6 is 0 Å². The van der Waals surface area contributed by atoms with E-state index in [0.29, 0.717) is 18.1 Å². The number of para-hydroxylation sites is 1. The van der Waals surface area contributed by atoms with E-state index in [1.807, 2.05) is 55.5 Å². The van der Waals surface area contributed by atoms with Crippen molar-refractivity contribution in [2.75, 3.05) is 0 Å². The van der Waals surface area contributed by atoms with Gasteiger partial charge in [0.05, 0.1) is 0 Å². The quantitative estimate of drug-likeness (QED) is 0.368. The highest BCUT2D eigenvalue weighted by atomic mass is 16.5. The Morgan fingerprint density at radius 1 is 0.933 bits per heavy atom. The Balaban J connectivity index is 1.61. The van der Waals surface area contributed by atoms with Crippen molar-refractivity contribution in [3.05, 3.63) is 90.0 Å². The van der Waals surface area contributed by atoms with E-state index in [-0.39, 0.29) is 5.91 Å². The van der Waals surface area contributed by atoms with Crippen molar-refractivity contribution in [2.45, 2.75) is 33.8 Å². The van der Waals surface area contributed by atoms with Crippen LogP contribution in [-0.2, 0) is 6.61 Å². The molecule has 0 bridgehead atoms. The largest absolute Gasteiger partial charge is 0.488 e. The molecule has 0 radical (unpaired) electrons. The van der Waals surface area contributed by atoms with E-state index in [9.17, 15) is 4.79 Å². The molecule has 1 amide bonds. The summed E-state index contributed by atoms with van der Waals surface area (Å²) in [6.07, 6.45) is 0.862. The van der Waals surface area contributed by atoms with Gasteiger partial charge in [0.25, 0.3) is 5.91 Å². The zero-order valence-corrected chi connectivity index (χ0v) is 17.8. The van der Waals surface area contributed by atoms with Gasteiger partial charge in [0.1, 0.15) is 12.4 Å². The zero-order valence-electron chi connectivity index (χ0n) is 17.8. The zero-order chi connectivity index (χ0) is 21.3. The van der Waals surface area contributed by atoms with Crippen LogP contribution in [0.15, 0.2) is 84.0 Å². The second-order valence-electron chi connectivity index (χ2n) is 7.73. The molecule has 0 spiro atoms. The summed E-state index contributed by atoms with van der Waals surface area (Å²) in [5, 5.41) is 4.17. The summed E-state index contributed by atoms with van der Waals surface area (Å²) in [5.41, 5.74) is 7.29. The molecular weight excluding hydrogens is 372 g/mol. The summed E-state index contributed by atoms with van der Waals surface area (Å²) >= 11 is 0. The molecule has 1 N–H and O–H groups in total. The van der Waals surface area contributed by atoms with Crippen molar-refractivity contribution < 1.29 is 9.53 Å². The highest BCUT2D eigenvalue weighted by molar-refractivity contribution is 5.95. The first-order chi connectivity index (χ1) is 14.5. The second-order valence-corrected chi connectivity index (χ2v) is 7.73. The Kier molecular flexibility index (Phi) is 7.39. The normalized spacial score (nSPS) is 11.4. The van der Waals surface area contributed by atoms with Gasteiger partial charge in [-0.15, -0.1) is 0 Å². The lowest BCUT2D eigenvalue weighted by Gasteiger charge is -2.12. The summed E-state index contributed by atoms with van der Waals surface area (Å²) in [7, 11) is 0. The fourth-order valence-corrected chi connectivity index (χ4v) is 3.21. The van der Waals surface area contributed by atoms with E-state index in [1.54, 1.807) is 12.1 Å². The Hall–Kier alpha value is -3.40.